The van der Waals surface area contributed by atoms with E-state index < -0.39 is 11.2 Å². The van der Waals surface area contributed by atoms with E-state index in [9.17, 15) is 19.8 Å². The Labute approximate surface area is 414 Å². The van der Waals surface area contributed by atoms with Crippen LogP contribution < -0.4 is 11.1 Å². The fourth-order valence-corrected chi connectivity index (χ4v) is 9.37. The molecule has 12 heteroatoms. The summed E-state index contributed by atoms with van der Waals surface area (Å²) in [6.45, 7) is 0. The summed E-state index contributed by atoms with van der Waals surface area (Å²) in [7, 11) is 7.15. The Morgan fingerprint density at radius 2 is 0.871 bits per heavy atom. The molecule has 2 N–H and O–H groups in total. The van der Waals surface area contributed by atoms with E-state index in [1.54, 1.807) is 118 Å². The summed E-state index contributed by atoms with van der Waals surface area (Å²) >= 11 is 12.3. The van der Waals surface area contributed by atoms with Crippen LogP contribution in [0.2, 0.25) is 10.0 Å². The average Bonchev–Trinajstić information content (AvgIpc) is 4.03. The van der Waals surface area contributed by atoms with Gasteiger partial charge in [-0.15, -0.1) is 12.8 Å². The molecule has 0 saturated heterocycles. The fraction of sp³-hybridized carbons (Fsp3) is 0.103. The van der Waals surface area contributed by atoms with Crippen LogP contribution in [0, 0.1) is 24.7 Å². The van der Waals surface area contributed by atoms with Gasteiger partial charge in [0.05, 0.1) is 47.5 Å². The first-order valence-electron chi connectivity index (χ1n) is 22.0. The number of aryl methyl sites for hydroxylation is 4. The van der Waals surface area contributed by atoms with Gasteiger partial charge < -0.3 is 28.5 Å². The lowest BCUT2D eigenvalue weighted by Gasteiger charge is -2.30. The summed E-state index contributed by atoms with van der Waals surface area (Å²) in [6, 6.07) is 43.7. The number of hydrogen-bond acceptors (Lipinski definition) is 6. The molecule has 2 atom stereocenters. The third-order valence-electron chi connectivity index (χ3n) is 12.9. The van der Waals surface area contributed by atoms with Crippen LogP contribution in [0.25, 0.3) is 44.1 Å². The van der Waals surface area contributed by atoms with Crippen molar-refractivity contribution in [2.24, 2.45) is 28.2 Å². The molecule has 2 unspecified atom stereocenters. The highest BCUT2D eigenvalue weighted by atomic mass is 35.5. The molecule has 0 radical (unpaired) electrons. The number of halogens is 2. The van der Waals surface area contributed by atoms with Crippen LogP contribution in [0.4, 0.5) is 0 Å². The maximum absolute atomic E-state index is 12.8. The smallest absolute Gasteiger partial charge is 0.251 e. The molecule has 0 saturated carbocycles. The van der Waals surface area contributed by atoms with E-state index in [0.717, 1.165) is 55.2 Å². The maximum Gasteiger partial charge on any atom is 0.251 e. The average molecular weight is 960 g/mol. The van der Waals surface area contributed by atoms with Gasteiger partial charge in [0.25, 0.3) is 11.1 Å². The van der Waals surface area contributed by atoms with Gasteiger partial charge in [-0.3, -0.25) is 9.59 Å². The van der Waals surface area contributed by atoms with Crippen molar-refractivity contribution in [1.29, 1.82) is 0 Å². The number of aliphatic hydroxyl groups is 2. The van der Waals surface area contributed by atoms with Gasteiger partial charge in [0, 0.05) is 72.3 Å². The Kier molecular flexibility index (Phi) is 12.5. The second-order valence-electron chi connectivity index (χ2n) is 17.0. The van der Waals surface area contributed by atoms with Gasteiger partial charge in [0.2, 0.25) is 0 Å². The molecule has 0 aliphatic carbocycles. The van der Waals surface area contributed by atoms with Crippen molar-refractivity contribution >= 4 is 45.0 Å². The molecular weight excluding hydrogens is 916 g/mol. The van der Waals surface area contributed by atoms with Crippen molar-refractivity contribution in [3.8, 4) is 46.9 Å². The van der Waals surface area contributed by atoms with E-state index in [1.807, 2.05) is 99.0 Å². The largest absolute Gasteiger partial charge is 0.374 e. The van der Waals surface area contributed by atoms with Crippen molar-refractivity contribution in [3.05, 3.63) is 246 Å². The van der Waals surface area contributed by atoms with Gasteiger partial charge in [0.1, 0.15) is 0 Å². The molecule has 344 valence electrons. The highest BCUT2D eigenvalue weighted by Gasteiger charge is 2.38. The normalized spacial score (nSPS) is 12.9. The fourth-order valence-electron chi connectivity index (χ4n) is 9.12. The molecule has 10 rings (SSSR count). The second kappa shape index (κ2) is 18.7. The molecule has 10 nitrogen and oxygen atoms in total. The zero-order valence-corrected chi connectivity index (χ0v) is 40.0. The zero-order chi connectivity index (χ0) is 49.5. The minimum absolute atomic E-state index is 0.133. The zero-order valence-electron chi connectivity index (χ0n) is 38.5. The van der Waals surface area contributed by atoms with Crippen LogP contribution in [0.15, 0.2) is 180 Å². The van der Waals surface area contributed by atoms with Gasteiger partial charge >= 0.3 is 0 Å². The number of terminal acetylenes is 2. The number of benzene rings is 6. The van der Waals surface area contributed by atoms with E-state index in [0.29, 0.717) is 43.7 Å². The van der Waals surface area contributed by atoms with Gasteiger partial charge in [-0.25, -0.2) is 9.97 Å². The van der Waals surface area contributed by atoms with Gasteiger partial charge in [-0.05, 0) is 117 Å². The number of nitrogens with zero attached hydrogens (tertiary/aromatic N) is 6. The van der Waals surface area contributed by atoms with Crippen LogP contribution in [0.5, 0.6) is 0 Å². The Bertz CT molecular complexity index is 3600. The highest BCUT2D eigenvalue weighted by Crippen LogP contribution is 2.41. The summed E-state index contributed by atoms with van der Waals surface area (Å²) in [5.41, 5.74) is 6.51. The first kappa shape index (κ1) is 46.9. The van der Waals surface area contributed by atoms with Crippen molar-refractivity contribution < 1.29 is 10.2 Å². The molecule has 0 fully saturated rings. The number of aromatic nitrogens is 6. The minimum atomic E-state index is -1.52. The summed E-state index contributed by atoms with van der Waals surface area (Å²) in [5.74, 6) is 5.31. The first-order valence-corrected chi connectivity index (χ1v) is 22.7. The highest BCUT2D eigenvalue weighted by molar-refractivity contribution is 6.30. The summed E-state index contributed by atoms with van der Waals surface area (Å²) in [6.07, 6.45) is 17.8. The van der Waals surface area contributed by atoms with Crippen LogP contribution >= 0.6 is 23.2 Å². The molecule has 10 aromatic rings. The molecule has 0 aliphatic rings. The molecule has 0 amide bonds. The third kappa shape index (κ3) is 8.30. The topological polar surface area (TPSA) is 120 Å². The second-order valence-corrected chi connectivity index (χ2v) is 17.9. The van der Waals surface area contributed by atoms with Crippen LogP contribution in [-0.2, 0) is 39.4 Å². The molecule has 4 aromatic heterocycles. The van der Waals surface area contributed by atoms with E-state index in [4.69, 9.17) is 36.0 Å². The number of fused-ring (bicyclic) bond motifs is 2. The lowest BCUT2D eigenvalue weighted by Crippen LogP contribution is -2.31. The number of pyridine rings is 2. The summed E-state index contributed by atoms with van der Waals surface area (Å²) < 4.78 is 6.77. The van der Waals surface area contributed by atoms with E-state index >= 15 is 0 Å². The lowest BCUT2D eigenvalue weighted by atomic mass is 9.82. The summed E-state index contributed by atoms with van der Waals surface area (Å²) in [5, 5.41) is 27.4. The third-order valence-corrected chi connectivity index (χ3v) is 13.4. The Morgan fingerprint density at radius 1 is 0.500 bits per heavy atom. The van der Waals surface area contributed by atoms with E-state index in [1.165, 1.54) is 0 Å². The molecule has 0 aliphatic heterocycles. The van der Waals surface area contributed by atoms with Crippen LogP contribution in [0.3, 0.4) is 0 Å². The van der Waals surface area contributed by atoms with Gasteiger partial charge in [0.15, 0.2) is 11.2 Å². The molecule has 0 spiro atoms. The SMILES string of the molecule is C#Cc1cccc(-c2cc(=O)n(C)c3ccc(C(O)(c4ccc(Cl)cc4)c4cncn4C)cc23)c1.C#Cc1cccc(-c2cc(=O)n(C)c3ccc(C(O)(c4ccc(Cl)cc4)c4cncn4C)cc23)c1. The maximum atomic E-state index is 12.8. The minimum Gasteiger partial charge on any atom is -0.374 e. The van der Waals surface area contributed by atoms with Crippen molar-refractivity contribution in [2.75, 3.05) is 0 Å². The first-order chi connectivity index (χ1) is 33.6. The summed E-state index contributed by atoms with van der Waals surface area (Å²) in [4.78, 5) is 34.1. The van der Waals surface area contributed by atoms with Crippen molar-refractivity contribution in [3.63, 3.8) is 0 Å². The predicted molar refractivity (Wildman–Crippen MR) is 279 cm³/mol. The Hall–Kier alpha value is -8.22. The Morgan fingerprint density at radius 3 is 1.21 bits per heavy atom. The Balaban J connectivity index is 0.000000174. The lowest BCUT2D eigenvalue weighted by molar-refractivity contribution is 0.117. The van der Waals surface area contributed by atoms with Gasteiger partial charge in [-0.2, -0.15) is 0 Å². The monoisotopic (exact) mass is 958 g/mol. The van der Waals surface area contributed by atoms with E-state index in [2.05, 4.69) is 21.8 Å². The number of rotatable bonds is 8. The quantitative estimate of drug-likeness (QED) is 0.147. The molecule has 4 heterocycles. The van der Waals surface area contributed by atoms with Crippen molar-refractivity contribution in [2.45, 2.75) is 11.2 Å². The standard InChI is InChI=1S/2C29H22ClN3O2/c2*1-4-19-6-5-7-20(14-19)24-16-28(34)33(3)26-13-10-22(15-25(24)26)29(35,27-17-31-18-32(27)2)21-8-11-23(30)12-9-21/h2*1,5-18,35H,2-3H3. The predicted octanol–water partition coefficient (Wildman–Crippen LogP) is 9.72. The number of hydrogen-bond donors (Lipinski definition) is 2. The molecule has 70 heavy (non-hydrogen) atoms. The number of imidazole rings is 2. The van der Waals surface area contributed by atoms with Gasteiger partial charge in [-0.1, -0.05) is 95.7 Å². The molecular formula is C58H44Cl2N6O4. The molecule has 0 bridgehead atoms. The van der Waals surface area contributed by atoms with Crippen molar-refractivity contribution in [1.82, 2.24) is 28.2 Å². The molecule has 6 aromatic carbocycles. The van der Waals surface area contributed by atoms with Crippen LogP contribution in [0.1, 0.15) is 44.8 Å². The van der Waals surface area contributed by atoms with Crippen LogP contribution in [-0.4, -0.2) is 38.4 Å². The van der Waals surface area contributed by atoms with E-state index in [-0.39, 0.29) is 11.1 Å².